The molecule has 0 spiro atoms. The average molecular weight is 1050 g/mol. The van der Waals surface area contributed by atoms with E-state index in [1.54, 1.807) is 0 Å². The first-order valence-corrected chi connectivity index (χ1v) is 28.0. The SMILES string of the molecule is CC(C)(C)c1cc2c3c(c1)Cc1cc(C(C)(C)C)cc4c1OCCOCCOCCOCCOCCOc1c(cc(C(C)(C)C)cc1Cc1cc(C(C)(C)C)cc(c1OCCOCCOCCOCCOCCO3)C4)C2. The maximum absolute atomic E-state index is 7.12. The van der Waals surface area contributed by atoms with E-state index < -0.39 is 0 Å². The van der Waals surface area contributed by atoms with E-state index >= 15 is 0 Å². The lowest BCUT2D eigenvalue weighted by molar-refractivity contribution is -0.00706. The third kappa shape index (κ3) is 17.4. The second-order valence-electron chi connectivity index (χ2n) is 24.5. The number of rotatable bonds is 0. The topological polar surface area (TPSA) is 111 Å². The third-order valence-electron chi connectivity index (χ3n) is 14.1. The van der Waals surface area contributed by atoms with Crippen LogP contribution in [0.1, 0.15) is 150 Å². The number of benzene rings is 4. The van der Waals surface area contributed by atoms with Crippen molar-refractivity contribution < 1.29 is 56.8 Å². The van der Waals surface area contributed by atoms with E-state index in [1.165, 1.54) is 22.3 Å². The average Bonchev–Trinajstić information content (AvgIpc) is 3.33. The van der Waals surface area contributed by atoms with E-state index in [0.29, 0.717) is 158 Å². The molecule has 12 heteroatoms. The Morgan fingerprint density at radius 1 is 0.211 bits per heavy atom. The molecule has 2 aliphatic heterocycles. The summed E-state index contributed by atoms with van der Waals surface area (Å²) in [6.45, 7) is 35.9. The van der Waals surface area contributed by atoms with Crippen LogP contribution in [0.25, 0.3) is 0 Å². The summed E-state index contributed by atoms with van der Waals surface area (Å²) in [5.74, 6) is 3.39. The molecule has 0 atom stereocenters. The Labute approximate surface area is 456 Å². The molecule has 0 N–H and O–H groups in total. The van der Waals surface area contributed by atoms with Gasteiger partial charge in [-0.15, -0.1) is 0 Å². The Hall–Kier alpha value is -4.24. The van der Waals surface area contributed by atoms with Crippen LogP contribution in [0.15, 0.2) is 48.5 Å². The Morgan fingerprint density at radius 3 is 0.474 bits per heavy atom. The molecule has 1 aliphatic carbocycles. The predicted molar refractivity (Wildman–Crippen MR) is 300 cm³/mol. The summed E-state index contributed by atoms with van der Waals surface area (Å²) < 4.78 is 76.6. The van der Waals surface area contributed by atoms with Gasteiger partial charge in [0.2, 0.25) is 0 Å². The van der Waals surface area contributed by atoms with E-state index in [4.69, 9.17) is 56.8 Å². The van der Waals surface area contributed by atoms with Gasteiger partial charge in [-0.3, -0.25) is 0 Å². The predicted octanol–water partition coefficient (Wildman–Crippen LogP) is 11.2. The van der Waals surface area contributed by atoms with Crippen molar-refractivity contribution in [2.75, 3.05) is 132 Å². The summed E-state index contributed by atoms with van der Waals surface area (Å²) in [5.41, 5.74) is 12.7. The Balaban J connectivity index is 1.56. The van der Waals surface area contributed by atoms with Gasteiger partial charge in [-0.25, -0.2) is 0 Å². The molecule has 4 aromatic rings. The van der Waals surface area contributed by atoms with Crippen molar-refractivity contribution >= 4 is 0 Å². The Morgan fingerprint density at radius 2 is 0.342 bits per heavy atom. The fraction of sp³-hybridized carbons (Fsp3) is 0.625. The van der Waals surface area contributed by atoms with Crippen LogP contribution in [0.2, 0.25) is 0 Å². The molecule has 0 fully saturated rings. The van der Waals surface area contributed by atoms with E-state index in [1.807, 2.05) is 0 Å². The molecular formula is C64H92O12. The van der Waals surface area contributed by atoms with Crippen LogP contribution in [0.5, 0.6) is 23.0 Å². The lowest BCUT2D eigenvalue weighted by Gasteiger charge is -2.29. The van der Waals surface area contributed by atoms with Crippen LogP contribution < -0.4 is 18.9 Å². The molecule has 3 aliphatic rings. The highest BCUT2D eigenvalue weighted by molar-refractivity contribution is 5.60. The minimum atomic E-state index is -0.190. The monoisotopic (exact) mass is 1050 g/mol. The highest BCUT2D eigenvalue weighted by Crippen LogP contribution is 2.44. The maximum Gasteiger partial charge on any atom is 0.126 e. The highest BCUT2D eigenvalue weighted by atomic mass is 16.6. The molecule has 7 rings (SSSR count). The highest BCUT2D eigenvalue weighted by Gasteiger charge is 2.30. The smallest absolute Gasteiger partial charge is 0.126 e. The number of hydrogen-bond donors (Lipinski definition) is 0. The normalized spacial score (nSPS) is 18.6. The molecule has 76 heavy (non-hydrogen) atoms. The molecule has 4 aromatic carbocycles. The van der Waals surface area contributed by atoms with E-state index in [9.17, 15) is 0 Å². The van der Waals surface area contributed by atoms with Gasteiger partial charge in [0.25, 0.3) is 0 Å². The van der Waals surface area contributed by atoms with Gasteiger partial charge in [0.05, 0.1) is 106 Å². The summed E-state index contributed by atoms with van der Waals surface area (Å²) in [6, 6.07) is 18.9. The quantitative estimate of drug-likeness (QED) is 0.147. The number of hydrogen-bond acceptors (Lipinski definition) is 12. The second-order valence-corrected chi connectivity index (χ2v) is 24.5. The molecule has 420 valence electrons. The molecule has 0 saturated heterocycles. The third-order valence-corrected chi connectivity index (χ3v) is 14.1. The van der Waals surface area contributed by atoms with Crippen molar-refractivity contribution in [3.8, 4) is 23.0 Å². The number of ether oxygens (including phenoxy) is 12. The Bertz CT molecular complexity index is 2030. The molecule has 12 bridgehead atoms. The summed E-state index contributed by atoms with van der Waals surface area (Å²) in [7, 11) is 0. The standard InChI is InChI=1S/C64H92O12/c1-61(2,3)53-37-45-33-47-39-54(62(4,5)6)41-49-35-51-43-56(64(10,11)12)44-52-36-50-42-55(63(7,8)9)40-48(59(50)75-31-27-71-23-19-67-16-15-66-18-22-70-26-30-74-58(47)49)34-46(38-53)57(45)73-29-25-69-21-17-65-13-14-68-20-24-72-28-32-76-60(51)52/h37-44H,13-36H2,1-12H3. The summed E-state index contributed by atoms with van der Waals surface area (Å²) in [6.07, 6.45) is 2.20. The minimum Gasteiger partial charge on any atom is -0.491 e. The van der Waals surface area contributed by atoms with Crippen LogP contribution in [0, 0.1) is 0 Å². The van der Waals surface area contributed by atoms with Crippen LogP contribution in [-0.2, 0) is 85.2 Å². The molecule has 0 aromatic heterocycles. The van der Waals surface area contributed by atoms with Gasteiger partial charge in [-0.2, -0.15) is 0 Å². The molecule has 12 nitrogen and oxygen atoms in total. The van der Waals surface area contributed by atoms with Gasteiger partial charge in [-0.1, -0.05) is 132 Å². The van der Waals surface area contributed by atoms with Gasteiger partial charge >= 0.3 is 0 Å². The van der Waals surface area contributed by atoms with Gasteiger partial charge in [-0.05, 0) is 88.4 Å². The first kappa shape index (κ1) is 59.4. The zero-order chi connectivity index (χ0) is 54.4. The largest absolute Gasteiger partial charge is 0.491 e. The lowest BCUT2D eigenvalue weighted by Crippen LogP contribution is -2.19. The van der Waals surface area contributed by atoms with E-state index in [0.717, 1.165) is 67.5 Å². The van der Waals surface area contributed by atoms with Crippen molar-refractivity contribution in [3.63, 3.8) is 0 Å². The molecule has 0 radical (unpaired) electrons. The van der Waals surface area contributed by atoms with Crippen LogP contribution in [0.4, 0.5) is 0 Å². The van der Waals surface area contributed by atoms with E-state index in [-0.39, 0.29) is 21.7 Å². The molecule has 0 amide bonds. The van der Waals surface area contributed by atoms with Crippen molar-refractivity contribution in [1.29, 1.82) is 0 Å². The Kier molecular flexibility index (Phi) is 21.6. The van der Waals surface area contributed by atoms with Gasteiger partial charge < -0.3 is 56.8 Å². The second kappa shape index (κ2) is 27.6. The lowest BCUT2D eigenvalue weighted by atomic mass is 9.79. The van der Waals surface area contributed by atoms with Gasteiger partial charge in [0.15, 0.2) is 0 Å². The van der Waals surface area contributed by atoms with Gasteiger partial charge in [0, 0.05) is 25.7 Å². The van der Waals surface area contributed by atoms with Crippen molar-refractivity contribution in [2.24, 2.45) is 0 Å². The summed E-state index contributed by atoms with van der Waals surface area (Å²) in [4.78, 5) is 0. The fourth-order valence-corrected chi connectivity index (χ4v) is 9.70. The molecule has 0 unspecified atom stereocenters. The van der Waals surface area contributed by atoms with Gasteiger partial charge in [0.1, 0.15) is 49.4 Å². The molecular weight excluding hydrogens is 961 g/mol. The first-order chi connectivity index (χ1) is 36.3. The van der Waals surface area contributed by atoms with Crippen molar-refractivity contribution in [3.05, 3.63) is 115 Å². The zero-order valence-corrected chi connectivity index (χ0v) is 48.5. The molecule has 0 saturated carbocycles. The van der Waals surface area contributed by atoms with Crippen LogP contribution >= 0.6 is 0 Å². The van der Waals surface area contributed by atoms with Crippen LogP contribution in [-0.4, -0.2) is 132 Å². The minimum absolute atomic E-state index is 0.190. The molecule has 2 heterocycles. The fourth-order valence-electron chi connectivity index (χ4n) is 9.70. The van der Waals surface area contributed by atoms with E-state index in [2.05, 4.69) is 132 Å². The summed E-state index contributed by atoms with van der Waals surface area (Å²) >= 11 is 0. The van der Waals surface area contributed by atoms with Crippen molar-refractivity contribution in [1.82, 2.24) is 0 Å². The van der Waals surface area contributed by atoms with Crippen molar-refractivity contribution in [2.45, 2.75) is 130 Å². The zero-order valence-electron chi connectivity index (χ0n) is 48.5. The first-order valence-electron chi connectivity index (χ1n) is 28.0. The van der Waals surface area contributed by atoms with Crippen LogP contribution in [0.3, 0.4) is 0 Å². The summed E-state index contributed by atoms with van der Waals surface area (Å²) in [5, 5.41) is 0. The maximum atomic E-state index is 7.12.